The minimum absolute atomic E-state index is 0.0258. The Morgan fingerprint density at radius 2 is 2.24 bits per heavy atom. The van der Waals surface area contributed by atoms with Gasteiger partial charge in [-0.05, 0) is 6.07 Å². The van der Waals surface area contributed by atoms with E-state index in [0.717, 1.165) is 0 Å². The number of hydrogen-bond acceptors (Lipinski definition) is 6. The number of carbonyl (C=O) groups excluding carboxylic acids is 1. The summed E-state index contributed by atoms with van der Waals surface area (Å²) in [6.07, 6.45) is 2.81. The molecular formula is C9H10N6O2. The van der Waals surface area contributed by atoms with Crippen LogP contribution >= 0.6 is 0 Å². The van der Waals surface area contributed by atoms with E-state index in [4.69, 9.17) is 16.2 Å². The van der Waals surface area contributed by atoms with Gasteiger partial charge in [-0.15, -0.1) is 5.10 Å². The highest BCUT2D eigenvalue weighted by Gasteiger charge is 2.14. The van der Waals surface area contributed by atoms with Crippen molar-refractivity contribution in [3.63, 3.8) is 0 Å². The van der Waals surface area contributed by atoms with Crippen LogP contribution < -0.4 is 16.2 Å². The standard InChI is InChI=1S/C9H10N6O2/c1-15-4-13-9(14-15)17-8-6(7(11)16)2-5(10)3-12-8/h2-4H,10H2,1H3,(H2,11,16). The molecule has 0 aromatic carbocycles. The Bertz CT molecular complexity index is 564. The highest BCUT2D eigenvalue weighted by molar-refractivity contribution is 5.95. The minimum Gasteiger partial charge on any atom is -0.403 e. The van der Waals surface area contributed by atoms with Gasteiger partial charge in [0.2, 0.25) is 5.88 Å². The second kappa shape index (κ2) is 4.08. The first-order chi connectivity index (χ1) is 8.06. The zero-order valence-corrected chi connectivity index (χ0v) is 8.99. The number of aryl methyl sites for hydroxylation is 1. The summed E-state index contributed by atoms with van der Waals surface area (Å²) in [7, 11) is 1.69. The summed E-state index contributed by atoms with van der Waals surface area (Å²) in [5.74, 6) is -0.659. The summed E-state index contributed by atoms with van der Waals surface area (Å²) in [6, 6.07) is 1.46. The summed E-state index contributed by atoms with van der Waals surface area (Å²) in [5.41, 5.74) is 11.1. The van der Waals surface area contributed by atoms with Crippen molar-refractivity contribution in [2.24, 2.45) is 12.8 Å². The number of hydrogen-bond donors (Lipinski definition) is 2. The Balaban J connectivity index is 2.35. The highest BCUT2D eigenvalue weighted by Crippen LogP contribution is 2.21. The van der Waals surface area contributed by atoms with E-state index in [1.165, 1.54) is 23.3 Å². The molecule has 0 saturated carbocycles. The highest BCUT2D eigenvalue weighted by atomic mass is 16.5. The molecule has 2 rings (SSSR count). The number of amides is 1. The molecular weight excluding hydrogens is 224 g/mol. The summed E-state index contributed by atoms with van der Waals surface area (Å²) in [6.45, 7) is 0. The lowest BCUT2D eigenvalue weighted by molar-refractivity contribution is 0.0997. The number of nitrogen functional groups attached to an aromatic ring is 1. The van der Waals surface area contributed by atoms with Crippen LogP contribution in [0, 0.1) is 0 Å². The van der Waals surface area contributed by atoms with Gasteiger partial charge >= 0.3 is 6.01 Å². The maximum atomic E-state index is 11.2. The molecule has 0 aliphatic rings. The van der Waals surface area contributed by atoms with E-state index in [1.807, 2.05) is 0 Å². The summed E-state index contributed by atoms with van der Waals surface area (Å²) in [4.78, 5) is 18.9. The number of aromatic nitrogens is 4. The van der Waals surface area contributed by atoms with Crippen LogP contribution in [0.3, 0.4) is 0 Å². The minimum atomic E-state index is -0.685. The summed E-state index contributed by atoms with van der Waals surface area (Å²) >= 11 is 0. The van der Waals surface area contributed by atoms with E-state index in [0.29, 0.717) is 5.69 Å². The van der Waals surface area contributed by atoms with Gasteiger partial charge in [-0.1, -0.05) is 0 Å². The molecule has 0 aliphatic heterocycles. The van der Waals surface area contributed by atoms with Gasteiger partial charge < -0.3 is 16.2 Å². The van der Waals surface area contributed by atoms with Gasteiger partial charge in [-0.3, -0.25) is 9.48 Å². The lowest BCUT2D eigenvalue weighted by Gasteiger charge is -2.05. The van der Waals surface area contributed by atoms with E-state index in [9.17, 15) is 4.79 Å². The molecule has 8 nitrogen and oxygen atoms in total. The molecule has 0 bridgehead atoms. The van der Waals surface area contributed by atoms with Crippen LogP contribution in [0.4, 0.5) is 5.69 Å². The number of nitrogens with two attached hydrogens (primary N) is 2. The first-order valence-corrected chi connectivity index (χ1v) is 4.65. The normalized spacial score (nSPS) is 10.2. The van der Waals surface area contributed by atoms with E-state index in [-0.39, 0.29) is 17.5 Å². The monoisotopic (exact) mass is 234 g/mol. The predicted molar refractivity (Wildman–Crippen MR) is 58.2 cm³/mol. The van der Waals surface area contributed by atoms with Crippen molar-refractivity contribution in [2.45, 2.75) is 0 Å². The van der Waals surface area contributed by atoms with Gasteiger partial charge in [0.05, 0.1) is 11.9 Å². The van der Waals surface area contributed by atoms with E-state index < -0.39 is 5.91 Å². The number of rotatable bonds is 3. The zero-order valence-electron chi connectivity index (χ0n) is 8.99. The van der Waals surface area contributed by atoms with Crippen LogP contribution in [0.2, 0.25) is 0 Å². The predicted octanol–water partition coefficient (Wildman–Crippen LogP) is -0.317. The molecule has 1 amide bonds. The smallest absolute Gasteiger partial charge is 0.342 e. The fraction of sp³-hybridized carbons (Fsp3) is 0.111. The van der Waals surface area contributed by atoms with Gasteiger partial charge in [0, 0.05) is 7.05 Å². The summed E-state index contributed by atoms with van der Waals surface area (Å²) in [5, 5.41) is 3.89. The molecule has 88 valence electrons. The Labute approximate surface area is 96.2 Å². The third kappa shape index (κ3) is 2.30. The average Bonchev–Trinajstić information content (AvgIpc) is 2.66. The van der Waals surface area contributed by atoms with Crippen molar-refractivity contribution in [2.75, 3.05) is 5.73 Å². The van der Waals surface area contributed by atoms with Crippen LogP contribution in [-0.2, 0) is 7.05 Å². The van der Waals surface area contributed by atoms with Crippen LogP contribution in [-0.4, -0.2) is 25.7 Å². The third-order valence-corrected chi connectivity index (χ3v) is 1.90. The second-order valence-electron chi connectivity index (χ2n) is 3.29. The van der Waals surface area contributed by atoms with Crippen LogP contribution in [0.1, 0.15) is 10.4 Å². The summed E-state index contributed by atoms with van der Waals surface area (Å²) < 4.78 is 6.69. The number of carbonyl (C=O) groups is 1. The number of anilines is 1. The molecule has 0 aliphatic carbocycles. The molecule has 4 N–H and O–H groups in total. The fourth-order valence-corrected chi connectivity index (χ4v) is 1.18. The van der Waals surface area contributed by atoms with Crippen molar-refractivity contribution in [1.29, 1.82) is 0 Å². The van der Waals surface area contributed by atoms with Crippen molar-refractivity contribution in [3.8, 4) is 11.9 Å². The van der Waals surface area contributed by atoms with Crippen LogP contribution in [0.5, 0.6) is 11.9 Å². The molecule has 0 spiro atoms. The SMILES string of the molecule is Cn1cnc(Oc2ncc(N)cc2C(N)=O)n1. The number of primary amides is 1. The first kappa shape index (κ1) is 10.9. The van der Waals surface area contributed by atoms with Gasteiger partial charge in [0.15, 0.2) is 0 Å². The fourth-order valence-electron chi connectivity index (χ4n) is 1.18. The van der Waals surface area contributed by atoms with Gasteiger partial charge in [0.1, 0.15) is 11.9 Å². The average molecular weight is 234 g/mol. The van der Waals surface area contributed by atoms with Crippen LogP contribution in [0.15, 0.2) is 18.6 Å². The van der Waals surface area contributed by atoms with Crippen molar-refractivity contribution < 1.29 is 9.53 Å². The van der Waals surface area contributed by atoms with E-state index >= 15 is 0 Å². The molecule has 8 heteroatoms. The van der Waals surface area contributed by atoms with Gasteiger partial charge in [0.25, 0.3) is 5.91 Å². The quantitative estimate of drug-likeness (QED) is 0.750. The van der Waals surface area contributed by atoms with E-state index in [2.05, 4.69) is 15.1 Å². The van der Waals surface area contributed by atoms with Crippen molar-refractivity contribution in [1.82, 2.24) is 19.7 Å². The lowest BCUT2D eigenvalue weighted by Crippen LogP contribution is -2.13. The Morgan fingerprint density at radius 1 is 1.47 bits per heavy atom. The zero-order chi connectivity index (χ0) is 12.4. The molecule has 2 aromatic rings. The van der Waals surface area contributed by atoms with Gasteiger partial charge in [-0.25, -0.2) is 4.98 Å². The van der Waals surface area contributed by atoms with Crippen molar-refractivity contribution >= 4 is 11.6 Å². The second-order valence-corrected chi connectivity index (χ2v) is 3.29. The van der Waals surface area contributed by atoms with E-state index in [1.54, 1.807) is 7.05 Å². The topological polar surface area (TPSA) is 122 Å². The maximum Gasteiger partial charge on any atom is 0.342 e. The Morgan fingerprint density at radius 3 is 2.82 bits per heavy atom. The third-order valence-electron chi connectivity index (χ3n) is 1.90. The number of pyridine rings is 1. The molecule has 0 radical (unpaired) electrons. The lowest BCUT2D eigenvalue weighted by atomic mass is 10.2. The Hall–Kier alpha value is -2.64. The molecule has 0 unspecified atom stereocenters. The van der Waals surface area contributed by atoms with Crippen molar-refractivity contribution in [3.05, 3.63) is 24.2 Å². The number of ether oxygens (including phenoxy) is 1. The van der Waals surface area contributed by atoms with Crippen LogP contribution in [0.25, 0.3) is 0 Å². The largest absolute Gasteiger partial charge is 0.403 e. The molecule has 2 heterocycles. The molecule has 0 fully saturated rings. The molecule has 0 saturated heterocycles. The molecule has 2 aromatic heterocycles. The number of nitrogens with zero attached hydrogens (tertiary/aromatic N) is 4. The Kier molecular flexibility index (Phi) is 2.61. The van der Waals surface area contributed by atoms with Gasteiger partial charge in [-0.2, -0.15) is 4.98 Å². The maximum absolute atomic E-state index is 11.2. The first-order valence-electron chi connectivity index (χ1n) is 4.65. The molecule has 17 heavy (non-hydrogen) atoms. The molecule has 0 atom stereocenters.